The van der Waals surface area contributed by atoms with Crippen molar-refractivity contribution in [1.29, 1.82) is 0 Å². The van der Waals surface area contributed by atoms with Crippen LogP contribution in [0.1, 0.15) is 32.1 Å². The minimum absolute atomic E-state index is 0.174. The van der Waals surface area contributed by atoms with Crippen LogP contribution in [0.3, 0.4) is 0 Å². The molecule has 0 aliphatic heterocycles. The second-order valence-corrected chi connectivity index (χ2v) is 5.46. The molecule has 0 fully saturated rings. The van der Waals surface area contributed by atoms with E-state index in [-0.39, 0.29) is 18.8 Å². The number of nitrogens with zero attached hydrogens (tertiary/aromatic N) is 2. The molecular formula is C9H16N4O4S. The van der Waals surface area contributed by atoms with Crippen molar-refractivity contribution < 1.29 is 17.9 Å². The van der Waals surface area contributed by atoms with Crippen LogP contribution in [0.15, 0.2) is 6.33 Å². The lowest BCUT2D eigenvalue weighted by Gasteiger charge is -2.11. The molecule has 9 heteroatoms. The van der Waals surface area contributed by atoms with Crippen LogP contribution in [0.5, 0.6) is 0 Å². The van der Waals surface area contributed by atoms with Gasteiger partial charge >= 0.3 is 5.97 Å². The molecule has 102 valence electrons. The summed E-state index contributed by atoms with van der Waals surface area (Å²) < 4.78 is 30.4. The molecule has 0 amide bonds. The lowest BCUT2D eigenvalue weighted by molar-refractivity contribution is -0.142. The van der Waals surface area contributed by atoms with Crippen LogP contribution in [-0.2, 0) is 19.6 Å². The van der Waals surface area contributed by atoms with Gasteiger partial charge in [-0.2, -0.15) is 5.10 Å². The number of ether oxygens (including phenoxy) is 1. The van der Waals surface area contributed by atoms with Gasteiger partial charge in [0.25, 0.3) is 0 Å². The molecule has 1 rings (SSSR count). The average molecular weight is 276 g/mol. The second-order valence-electron chi connectivity index (χ2n) is 3.58. The van der Waals surface area contributed by atoms with Crippen molar-refractivity contribution in [2.24, 2.45) is 0 Å². The van der Waals surface area contributed by atoms with Gasteiger partial charge in [0.05, 0.1) is 24.8 Å². The van der Waals surface area contributed by atoms with E-state index in [1.165, 1.54) is 6.33 Å². The first kappa shape index (κ1) is 14.6. The summed E-state index contributed by atoms with van der Waals surface area (Å²) in [6, 6.07) is -0.528. The fourth-order valence-corrected chi connectivity index (χ4v) is 2.46. The highest BCUT2D eigenvalue weighted by molar-refractivity contribution is 7.89. The molecule has 0 aromatic carbocycles. The summed E-state index contributed by atoms with van der Waals surface area (Å²) >= 11 is 0. The first-order chi connectivity index (χ1) is 8.44. The molecular weight excluding hydrogens is 260 g/mol. The molecule has 1 atom stereocenters. The van der Waals surface area contributed by atoms with Crippen molar-refractivity contribution in [3.05, 3.63) is 12.2 Å². The molecule has 1 aromatic rings. The van der Waals surface area contributed by atoms with Gasteiger partial charge in [0, 0.05) is 0 Å². The number of hydrogen-bond donors (Lipinski definition) is 2. The molecule has 2 N–H and O–H groups in total. The minimum atomic E-state index is -3.56. The quantitative estimate of drug-likeness (QED) is 0.663. The van der Waals surface area contributed by atoms with E-state index >= 15 is 0 Å². The monoisotopic (exact) mass is 276 g/mol. The van der Waals surface area contributed by atoms with Gasteiger partial charge in [0.1, 0.15) is 12.2 Å². The van der Waals surface area contributed by atoms with Gasteiger partial charge in [-0.1, -0.05) is 0 Å². The lowest BCUT2D eigenvalue weighted by atomic mass is 10.3. The van der Waals surface area contributed by atoms with Crippen molar-refractivity contribution in [1.82, 2.24) is 19.9 Å². The highest BCUT2D eigenvalue weighted by atomic mass is 32.2. The number of carbonyl (C=O) groups excluding carboxylic acids is 1. The molecule has 0 radical (unpaired) electrons. The van der Waals surface area contributed by atoms with Gasteiger partial charge in [0.2, 0.25) is 10.0 Å². The van der Waals surface area contributed by atoms with Gasteiger partial charge in [-0.3, -0.25) is 9.89 Å². The third-order valence-electron chi connectivity index (χ3n) is 2.08. The third-order valence-corrected chi connectivity index (χ3v) is 3.53. The molecule has 1 unspecified atom stereocenters. The maximum Gasteiger partial charge on any atom is 0.306 e. The van der Waals surface area contributed by atoms with Gasteiger partial charge in [-0.25, -0.2) is 18.1 Å². The summed E-state index contributed by atoms with van der Waals surface area (Å²) in [6.07, 6.45) is 1.12. The number of hydrogen-bond acceptors (Lipinski definition) is 6. The maximum absolute atomic E-state index is 11.7. The SMILES string of the molecule is CCOC(=O)CCS(=O)(=O)NC(C)c1ncn[nH]1. The topological polar surface area (TPSA) is 114 Å². The Morgan fingerprint density at radius 1 is 1.61 bits per heavy atom. The van der Waals surface area contributed by atoms with E-state index in [1.54, 1.807) is 13.8 Å². The Morgan fingerprint density at radius 2 is 2.33 bits per heavy atom. The van der Waals surface area contributed by atoms with Crippen molar-refractivity contribution in [3.63, 3.8) is 0 Å². The summed E-state index contributed by atoms with van der Waals surface area (Å²) in [5.74, 6) is -0.436. The fourth-order valence-electron chi connectivity index (χ4n) is 1.26. The Kier molecular flexibility index (Phi) is 5.23. The van der Waals surface area contributed by atoms with E-state index in [0.717, 1.165) is 0 Å². The first-order valence-electron chi connectivity index (χ1n) is 5.45. The standard InChI is InChI=1S/C9H16N4O4S/c1-3-17-8(14)4-5-18(15,16)13-7(2)9-10-6-11-12-9/h6-7,13H,3-5H2,1-2H3,(H,10,11,12). The molecule has 0 bridgehead atoms. The molecule has 0 saturated heterocycles. The Hall–Kier alpha value is -1.48. The summed E-state index contributed by atoms with van der Waals surface area (Å²) in [4.78, 5) is 14.9. The zero-order chi connectivity index (χ0) is 13.6. The largest absolute Gasteiger partial charge is 0.466 e. The van der Waals surface area contributed by atoms with E-state index in [4.69, 9.17) is 0 Å². The average Bonchev–Trinajstić information content (AvgIpc) is 2.80. The van der Waals surface area contributed by atoms with Gasteiger partial charge < -0.3 is 4.74 Å². The molecule has 0 spiro atoms. The van der Waals surface area contributed by atoms with E-state index < -0.39 is 22.0 Å². The van der Waals surface area contributed by atoms with E-state index in [9.17, 15) is 13.2 Å². The molecule has 1 heterocycles. The van der Waals surface area contributed by atoms with Crippen LogP contribution in [0.4, 0.5) is 0 Å². The van der Waals surface area contributed by atoms with Crippen molar-refractivity contribution in [2.45, 2.75) is 26.3 Å². The molecule has 0 aliphatic carbocycles. The summed E-state index contributed by atoms with van der Waals surface area (Å²) in [5.41, 5.74) is 0. The fraction of sp³-hybridized carbons (Fsp3) is 0.667. The summed E-state index contributed by atoms with van der Waals surface area (Å²) in [7, 11) is -3.56. The second kappa shape index (κ2) is 6.45. The van der Waals surface area contributed by atoms with Crippen molar-refractivity contribution >= 4 is 16.0 Å². The smallest absolute Gasteiger partial charge is 0.306 e. The van der Waals surface area contributed by atoms with Crippen LogP contribution in [0.25, 0.3) is 0 Å². The van der Waals surface area contributed by atoms with E-state index in [0.29, 0.717) is 5.82 Å². The number of carbonyl (C=O) groups is 1. The van der Waals surface area contributed by atoms with Crippen LogP contribution >= 0.6 is 0 Å². The van der Waals surface area contributed by atoms with Crippen LogP contribution in [0, 0.1) is 0 Å². The lowest BCUT2D eigenvalue weighted by Crippen LogP contribution is -2.30. The predicted molar refractivity (Wildman–Crippen MR) is 63.0 cm³/mol. The van der Waals surface area contributed by atoms with Crippen LogP contribution in [-0.4, -0.2) is 41.9 Å². The number of aromatic nitrogens is 3. The number of aromatic amines is 1. The normalized spacial score (nSPS) is 13.2. The summed E-state index contributed by atoms with van der Waals surface area (Å²) in [5, 5.41) is 6.19. The minimum Gasteiger partial charge on any atom is -0.466 e. The Morgan fingerprint density at radius 3 is 2.89 bits per heavy atom. The molecule has 0 aliphatic rings. The Balaban J connectivity index is 2.47. The van der Waals surface area contributed by atoms with Crippen molar-refractivity contribution in [2.75, 3.05) is 12.4 Å². The number of nitrogens with one attached hydrogen (secondary N) is 2. The first-order valence-corrected chi connectivity index (χ1v) is 7.10. The Labute approximate surface area is 105 Å². The Bertz CT molecular complexity index is 471. The highest BCUT2D eigenvalue weighted by Gasteiger charge is 2.19. The molecule has 18 heavy (non-hydrogen) atoms. The highest BCUT2D eigenvalue weighted by Crippen LogP contribution is 2.06. The number of sulfonamides is 1. The number of esters is 1. The maximum atomic E-state index is 11.7. The summed E-state index contributed by atoms with van der Waals surface area (Å²) in [6.45, 7) is 3.53. The van der Waals surface area contributed by atoms with Crippen LogP contribution < -0.4 is 4.72 Å². The van der Waals surface area contributed by atoms with E-state index in [1.807, 2.05) is 0 Å². The zero-order valence-corrected chi connectivity index (χ0v) is 11.0. The number of H-pyrrole nitrogens is 1. The molecule has 1 aromatic heterocycles. The van der Waals surface area contributed by atoms with Gasteiger partial charge in [0.15, 0.2) is 0 Å². The van der Waals surface area contributed by atoms with Gasteiger partial charge in [-0.05, 0) is 13.8 Å². The predicted octanol–water partition coefficient (Wildman–Crippen LogP) is -0.262. The zero-order valence-electron chi connectivity index (χ0n) is 10.2. The van der Waals surface area contributed by atoms with Gasteiger partial charge in [-0.15, -0.1) is 0 Å². The van der Waals surface area contributed by atoms with Crippen molar-refractivity contribution in [3.8, 4) is 0 Å². The molecule has 8 nitrogen and oxygen atoms in total. The molecule has 0 saturated carbocycles. The third kappa shape index (κ3) is 4.80. The van der Waals surface area contributed by atoms with E-state index in [2.05, 4.69) is 24.6 Å². The number of rotatable bonds is 7. The van der Waals surface area contributed by atoms with Crippen LogP contribution in [0.2, 0.25) is 0 Å².